The molecule has 0 N–H and O–H groups in total. The first kappa shape index (κ1) is 12.0. The number of ether oxygens (including phenoxy) is 1. The summed E-state index contributed by atoms with van der Waals surface area (Å²) in [5, 5.41) is 0. The van der Waals surface area contributed by atoms with Gasteiger partial charge in [0.1, 0.15) is 12.4 Å². The van der Waals surface area contributed by atoms with Crippen molar-refractivity contribution >= 4 is 5.78 Å². The van der Waals surface area contributed by atoms with E-state index in [0.29, 0.717) is 0 Å². The van der Waals surface area contributed by atoms with Crippen LogP contribution in [-0.4, -0.2) is 12.4 Å². The highest BCUT2D eigenvalue weighted by atomic mass is 19.2. The van der Waals surface area contributed by atoms with Crippen molar-refractivity contribution in [3.05, 3.63) is 29.8 Å². The zero-order valence-electron chi connectivity index (χ0n) is 9.42. The molecule has 92 valence electrons. The Morgan fingerprint density at radius 3 is 2.59 bits per heavy atom. The zero-order chi connectivity index (χ0) is 12.3. The summed E-state index contributed by atoms with van der Waals surface area (Å²) < 4.78 is 30.7. The summed E-state index contributed by atoms with van der Waals surface area (Å²) in [4.78, 5) is 11.7. The number of hydrogen-bond acceptors (Lipinski definition) is 2. The fraction of sp³-hybridized carbons (Fsp3) is 0.462. The molecule has 0 aliphatic heterocycles. The van der Waals surface area contributed by atoms with Crippen LogP contribution in [0.1, 0.15) is 25.7 Å². The molecule has 0 spiro atoms. The molecule has 1 aliphatic rings. The SMILES string of the molecule is O=C(COc1ccc(F)c(F)c1)C1CCCC1. The Morgan fingerprint density at radius 1 is 1.24 bits per heavy atom. The van der Waals surface area contributed by atoms with Gasteiger partial charge in [-0.15, -0.1) is 0 Å². The lowest BCUT2D eigenvalue weighted by Gasteiger charge is -2.09. The number of rotatable bonds is 4. The average molecular weight is 240 g/mol. The normalized spacial score (nSPS) is 16.1. The number of carbonyl (C=O) groups excluding carboxylic acids is 1. The second-order valence-corrected chi connectivity index (χ2v) is 4.31. The van der Waals surface area contributed by atoms with Crippen LogP contribution in [0.5, 0.6) is 5.75 Å². The highest BCUT2D eigenvalue weighted by Crippen LogP contribution is 2.25. The minimum Gasteiger partial charge on any atom is -0.486 e. The number of hydrogen-bond donors (Lipinski definition) is 0. The van der Waals surface area contributed by atoms with E-state index in [1.807, 2.05) is 0 Å². The average Bonchev–Trinajstić information content (AvgIpc) is 2.84. The predicted octanol–water partition coefficient (Wildman–Crippen LogP) is 3.10. The van der Waals surface area contributed by atoms with Crippen molar-refractivity contribution in [2.45, 2.75) is 25.7 Å². The number of Topliss-reactive ketones (excluding diaryl/α,β-unsaturated/α-hetero) is 1. The molecule has 1 fully saturated rings. The molecule has 0 heterocycles. The highest BCUT2D eigenvalue weighted by molar-refractivity contribution is 5.82. The summed E-state index contributed by atoms with van der Waals surface area (Å²) in [6.07, 6.45) is 4.00. The largest absolute Gasteiger partial charge is 0.486 e. The minimum absolute atomic E-state index is 0.0484. The Morgan fingerprint density at radius 2 is 1.94 bits per heavy atom. The van der Waals surface area contributed by atoms with Gasteiger partial charge in [0.2, 0.25) is 0 Å². The minimum atomic E-state index is -0.962. The molecule has 1 aliphatic carbocycles. The van der Waals surface area contributed by atoms with Crippen molar-refractivity contribution in [2.75, 3.05) is 6.61 Å². The van der Waals surface area contributed by atoms with Gasteiger partial charge in [0, 0.05) is 12.0 Å². The van der Waals surface area contributed by atoms with Crippen LogP contribution < -0.4 is 4.74 Å². The van der Waals surface area contributed by atoms with Gasteiger partial charge >= 0.3 is 0 Å². The van der Waals surface area contributed by atoms with E-state index in [0.717, 1.165) is 37.8 Å². The molecular weight excluding hydrogens is 226 g/mol. The van der Waals surface area contributed by atoms with Crippen LogP contribution in [0.2, 0.25) is 0 Å². The Labute approximate surface area is 98.6 Å². The van der Waals surface area contributed by atoms with Crippen LogP contribution in [0.15, 0.2) is 18.2 Å². The Bertz CT molecular complexity index is 412. The molecule has 0 saturated heterocycles. The lowest BCUT2D eigenvalue weighted by molar-refractivity contribution is -0.124. The molecule has 1 saturated carbocycles. The summed E-state index contributed by atoms with van der Waals surface area (Å²) in [6, 6.07) is 3.27. The summed E-state index contributed by atoms with van der Waals surface area (Å²) in [5.74, 6) is -1.56. The molecule has 1 aromatic rings. The molecular formula is C13H14F2O2. The van der Waals surface area contributed by atoms with E-state index in [1.165, 1.54) is 6.07 Å². The van der Waals surface area contributed by atoms with Gasteiger partial charge < -0.3 is 4.74 Å². The number of carbonyl (C=O) groups is 1. The van der Waals surface area contributed by atoms with Crippen LogP contribution in [-0.2, 0) is 4.79 Å². The van der Waals surface area contributed by atoms with E-state index >= 15 is 0 Å². The van der Waals surface area contributed by atoms with Gasteiger partial charge in [-0.2, -0.15) is 0 Å². The third-order valence-electron chi connectivity index (χ3n) is 3.08. The first-order valence-corrected chi connectivity index (χ1v) is 5.77. The van der Waals surface area contributed by atoms with E-state index < -0.39 is 11.6 Å². The fourth-order valence-corrected chi connectivity index (χ4v) is 2.09. The second-order valence-electron chi connectivity index (χ2n) is 4.31. The van der Waals surface area contributed by atoms with Crippen molar-refractivity contribution in [3.8, 4) is 5.75 Å². The monoisotopic (exact) mass is 240 g/mol. The maximum Gasteiger partial charge on any atom is 0.173 e. The molecule has 17 heavy (non-hydrogen) atoms. The summed E-state index contributed by atoms with van der Waals surface area (Å²) in [5.41, 5.74) is 0. The quantitative estimate of drug-likeness (QED) is 0.808. The molecule has 4 heteroatoms. The van der Waals surface area contributed by atoms with Crippen molar-refractivity contribution in [2.24, 2.45) is 5.92 Å². The third kappa shape index (κ3) is 3.02. The van der Waals surface area contributed by atoms with Gasteiger partial charge in [0.05, 0.1) is 0 Å². The Kier molecular flexibility index (Phi) is 3.71. The van der Waals surface area contributed by atoms with Crippen LogP contribution in [0.3, 0.4) is 0 Å². The van der Waals surface area contributed by atoms with E-state index in [-0.39, 0.29) is 24.1 Å². The smallest absolute Gasteiger partial charge is 0.173 e. The molecule has 2 rings (SSSR count). The van der Waals surface area contributed by atoms with Crippen molar-refractivity contribution in [1.82, 2.24) is 0 Å². The van der Waals surface area contributed by atoms with Gasteiger partial charge in [-0.1, -0.05) is 12.8 Å². The summed E-state index contributed by atoms with van der Waals surface area (Å²) in [7, 11) is 0. The van der Waals surface area contributed by atoms with Crippen molar-refractivity contribution in [3.63, 3.8) is 0 Å². The number of ketones is 1. The Balaban J connectivity index is 1.88. The van der Waals surface area contributed by atoms with Gasteiger partial charge in [-0.25, -0.2) is 8.78 Å². The lowest BCUT2D eigenvalue weighted by Crippen LogP contribution is -2.19. The molecule has 0 radical (unpaired) electrons. The van der Waals surface area contributed by atoms with E-state index in [9.17, 15) is 13.6 Å². The van der Waals surface area contributed by atoms with Crippen molar-refractivity contribution < 1.29 is 18.3 Å². The van der Waals surface area contributed by atoms with Gasteiger partial charge in [0.25, 0.3) is 0 Å². The van der Waals surface area contributed by atoms with E-state index in [1.54, 1.807) is 0 Å². The molecule has 2 nitrogen and oxygen atoms in total. The molecule has 0 aromatic heterocycles. The number of benzene rings is 1. The zero-order valence-corrected chi connectivity index (χ0v) is 9.42. The molecule has 0 amide bonds. The van der Waals surface area contributed by atoms with Crippen LogP contribution in [0.25, 0.3) is 0 Å². The number of halogens is 2. The summed E-state index contributed by atoms with van der Waals surface area (Å²) >= 11 is 0. The highest BCUT2D eigenvalue weighted by Gasteiger charge is 2.22. The van der Waals surface area contributed by atoms with Gasteiger partial charge in [-0.05, 0) is 25.0 Å². The van der Waals surface area contributed by atoms with Crippen LogP contribution >= 0.6 is 0 Å². The standard InChI is InChI=1S/C13H14F2O2/c14-11-6-5-10(7-12(11)15)17-8-13(16)9-3-1-2-4-9/h5-7,9H,1-4,8H2. The topological polar surface area (TPSA) is 26.3 Å². The maximum atomic E-state index is 12.9. The Hall–Kier alpha value is -1.45. The molecule has 0 bridgehead atoms. The fourth-order valence-electron chi connectivity index (χ4n) is 2.09. The first-order chi connectivity index (χ1) is 8.16. The molecule has 1 aromatic carbocycles. The van der Waals surface area contributed by atoms with E-state index in [2.05, 4.69) is 0 Å². The van der Waals surface area contributed by atoms with Crippen LogP contribution in [0.4, 0.5) is 8.78 Å². The first-order valence-electron chi connectivity index (χ1n) is 5.77. The second kappa shape index (κ2) is 5.25. The maximum absolute atomic E-state index is 12.9. The lowest BCUT2D eigenvalue weighted by atomic mass is 10.0. The molecule has 0 atom stereocenters. The van der Waals surface area contributed by atoms with Crippen molar-refractivity contribution in [1.29, 1.82) is 0 Å². The van der Waals surface area contributed by atoms with Crippen LogP contribution in [0, 0.1) is 17.6 Å². The predicted molar refractivity (Wildman–Crippen MR) is 58.8 cm³/mol. The summed E-state index contributed by atoms with van der Waals surface area (Å²) in [6.45, 7) is -0.0598. The van der Waals surface area contributed by atoms with Gasteiger partial charge in [-0.3, -0.25) is 4.79 Å². The van der Waals surface area contributed by atoms with E-state index in [4.69, 9.17) is 4.74 Å². The molecule has 0 unspecified atom stereocenters. The third-order valence-corrected chi connectivity index (χ3v) is 3.08. The van der Waals surface area contributed by atoms with Gasteiger partial charge in [0.15, 0.2) is 17.4 Å².